The predicted octanol–water partition coefficient (Wildman–Crippen LogP) is 4.67. The van der Waals surface area contributed by atoms with E-state index in [4.69, 9.17) is 16.3 Å². The van der Waals surface area contributed by atoms with Crippen molar-refractivity contribution in [1.82, 2.24) is 0 Å². The second kappa shape index (κ2) is 9.70. The number of benzene rings is 2. The number of carbonyl (C=O) groups is 3. The van der Waals surface area contributed by atoms with Gasteiger partial charge in [0, 0.05) is 12.0 Å². The van der Waals surface area contributed by atoms with Gasteiger partial charge in [-0.05, 0) is 67.5 Å². The Morgan fingerprint density at radius 3 is 2.52 bits per heavy atom. The number of fused-ring (bicyclic) bond motifs is 1. The van der Waals surface area contributed by atoms with Crippen LogP contribution >= 0.6 is 11.6 Å². The molecule has 0 radical (unpaired) electrons. The monoisotopic (exact) mass is 413 g/mol. The van der Waals surface area contributed by atoms with Crippen molar-refractivity contribution in [3.8, 4) is 0 Å². The molecule has 2 aromatic carbocycles. The highest BCUT2D eigenvalue weighted by Gasteiger charge is 2.15. The summed E-state index contributed by atoms with van der Waals surface area (Å²) in [6, 6.07) is 11.0. The minimum absolute atomic E-state index is 0.0586. The predicted molar refractivity (Wildman–Crippen MR) is 112 cm³/mol. The summed E-state index contributed by atoms with van der Waals surface area (Å²) in [6.07, 6.45) is 4.39. The summed E-state index contributed by atoms with van der Waals surface area (Å²) in [5.41, 5.74) is 4.61. The van der Waals surface area contributed by atoms with E-state index >= 15 is 0 Å². The summed E-state index contributed by atoms with van der Waals surface area (Å²) < 4.78 is 4.97. The van der Waals surface area contributed by atoms with Gasteiger partial charge in [-0.15, -0.1) is 0 Å². The van der Waals surface area contributed by atoms with E-state index in [0.717, 1.165) is 24.8 Å². The van der Waals surface area contributed by atoms with Crippen molar-refractivity contribution in [2.45, 2.75) is 45.4 Å². The standard InChI is InChI=1S/C23H24ClNO4/c1-15-6-9-20(19(24)12-15)25-22(27)14-29-23(28)11-10-21(26)18-8-7-16-4-2-3-5-17(16)13-18/h6-9,12-13H,2-5,10-11,14H2,1H3,(H,25,27). The van der Waals surface area contributed by atoms with Crippen LogP contribution in [0.5, 0.6) is 0 Å². The lowest BCUT2D eigenvalue weighted by Gasteiger charge is -2.16. The van der Waals surface area contributed by atoms with Crippen LogP contribution in [0.2, 0.25) is 5.02 Å². The number of ether oxygens (including phenoxy) is 1. The molecule has 0 bridgehead atoms. The molecule has 0 saturated carbocycles. The van der Waals surface area contributed by atoms with Crippen molar-refractivity contribution in [3.05, 3.63) is 63.7 Å². The largest absolute Gasteiger partial charge is 0.456 e. The number of hydrogen-bond donors (Lipinski definition) is 1. The maximum atomic E-state index is 12.4. The number of carbonyl (C=O) groups excluding carboxylic acids is 3. The van der Waals surface area contributed by atoms with E-state index in [1.807, 2.05) is 31.2 Å². The van der Waals surface area contributed by atoms with E-state index in [9.17, 15) is 14.4 Å². The molecule has 1 aliphatic carbocycles. The molecular formula is C23H24ClNO4. The molecule has 0 fully saturated rings. The van der Waals surface area contributed by atoms with Gasteiger partial charge in [0.1, 0.15) is 0 Å². The van der Waals surface area contributed by atoms with Gasteiger partial charge in [0.15, 0.2) is 12.4 Å². The summed E-state index contributed by atoms with van der Waals surface area (Å²) in [5.74, 6) is -1.15. The average Bonchev–Trinajstić information content (AvgIpc) is 2.72. The Morgan fingerprint density at radius 2 is 1.76 bits per heavy atom. The molecule has 2 aromatic rings. The highest BCUT2D eigenvalue weighted by molar-refractivity contribution is 6.33. The number of hydrogen-bond acceptors (Lipinski definition) is 4. The van der Waals surface area contributed by atoms with Crippen LogP contribution in [0.4, 0.5) is 5.69 Å². The zero-order valence-corrected chi connectivity index (χ0v) is 17.2. The Hall–Kier alpha value is -2.66. The number of halogens is 1. The van der Waals surface area contributed by atoms with Crippen molar-refractivity contribution >= 4 is 34.9 Å². The van der Waals surface area contributed by atoms with Gasteiger partial charge in [0.2, 0.25) is 0 Å². The lowest BCUT2D eigenvalue weighted by Crippen LogP contribution is -2.21. The minimum atomic E-state index is -0.582. The van der Waals surface area contributed by atoms with Gasteiger partial charge in [-0.25, -0.2) is 0 Å². The van der Waals surface area contributed by atoms with E-state index in [1.165, 1.54) is 17.5 Å². The molecule has 0 unspecified atom stereocenters. The molecule has 0 aromatic heterocycles. The Bertz CT molecular complexity index is 938. The smallest absolute Gasteiger partial charge is 0.306 e. The van der Waals surface area contributed by atoms with Gasteiger partial charge in [-0.3, -0.25) is 14.4 Å². The summed E-state index contributed by atoms with van der Waals surface area (Å²) in [4.78, 5) is 36.2. The second-order valence-corrected chi connectivity index (χ2v) is 7.71. The Labute approximate surface area is 175 Å². The Kier molecular flexibility index (Phi) is 7.04. The number of anilines is 1. The fraction of sp³-hybridized carbons (Fsp3) is 0.348. The molecular weight excluding hydrogens is 390 g/mol. The normalized spacial score (nSPS) is 12.8. The number of Topliss-reactive ketones (excluding diaryl/α,β-unsaturated/α-hetero) is 1. The third-order valence-corrected chi connectivity index (χ3v) is 5.30. The maximum Gasteiger partial charge on any atom is 0.306 e. The highest BCUT2D eigenvalue weighted by atomic mass is 35.5. The van der Waals surface area contributed by atoms with Crippen LogP contribution in [0, 0.1) is 6.92 Å². The average molecular weight is 414 g/mol. The Morgan fingerprint density at radius 1 is 1.00 bits per heavy atom. The number of rotatable bonds is 7. The van der Waals surface area contributed by atoms with Crippen molar-refractivity contribution in [2.24, 2.45) is 0 Å². The number of amides is 1. The summed E-state index contributed by atoms with van der Waals surface area (Å²) in [5, 5.41) is 3.01. The number of ketones is 1. The van der Waals surface area contributed by atoms with Crippen LogP contribution in [0.25, 0.3) is 0 Å². The second-order valence-electron chi connectivity index (χ2n) is 7.31. The van der Waals surface area contributed by atoms with Crippen LogP contribution in [-0.4, -0.2) is 24.3 Å². The zero-order valence-electron chi connectivity index (χ0n) is 16.4. The molecule has 0 aliphatic heterocycles. The number of esters is 1. The molecule has 29 heavy (non-hydrogen) atoms. The maximum absolute atomic E-state index is 12.4. The molecule has 152 valence electrons. The van der Waals surface area contributed by atoms with E-state index in [2.05, 4.69) is 5.32 Å². The van der Waals surface area contributed by atoms with Crippen LogP contribution in [0.3, 0.4) is 0 Å². The van der Waals surface area contributed by atoms with Crippen molar-refractivity contribution in [1.29, 1.82) is 0 Å². The fourth-order valence-electron chi connectivity index (χ4n) is 3.39. The van der Waals surface area contributed by atoms with E-state index < -0.39 is 18.5 Å². The van der Waals surface area contributed by atoms with Gasteiger partial charge >= 0.3 is 5.97 Å². The molecule has 6 heteroatoms. The molecule has 0 saturated heterocycles. The first kappa shape index (κ1) is 21.1. The molecule has 0 spiro atoms. The van der Waals surface area contributed by atoms with Crippen LogP contribution in [-0.2, 0) is 27.2 Å². The summed E-state index contributed by atoms with van der Waals surface area (Å²) >= 11 is 6.06. The zero-order chi connectivity index (χ0) is 20.8. The van der Waals surface area contributed by atoms with Gasteiger partial charge in [0.25, 0.3) is 5.91 Å². The lowest BCUT2D eigenvalue weighted by molar-refractivity contribution is -0.147. The van der Waals surface area contributed by atoms with E-state index in [-0.39, 0.29) is 18.6 Å². The number of nitrogens with one attached hydrogen (secondary N) is 1. The summed E-state index contributed by atoms with van der Waals surface area (Å²) in [7, 11) is 0. The third-order valence-electron chi connectivity index (χ3n) is 4.99. The molecule has 3 rings (SSSR count). The van der Waals surface area contributed by atoms with Crippen LogP contribution in [0.15, 0.2) is 36.4 Å². The minimum Gasteiger partial charge on any atom is -0.456 e. The first-order valence-electron chi connectivity index (χ1n) is 9.79. The molecule has 1 aliphatic rings. The fourth-order valence-corrected chi connectivity index (χ4v) is 3.68. The van der Waals surface area contributed by atoms with Crippen LogP contribution in [0.1, 0.15) is 52.7 Å². The molecule has 1 N–H and O–H groups in total. The first-order valence-corrected chi connectivity index (χ1v) is 10.2. The molecule has 5 nitrogen and oxygen atoms in total. The topological polar surface area (TPSA) is 72.5 Å². The lowest BCUT2D eigenvalue weighted by atomic mass is 9.89. The highest BCUT2D eigenvalue weighted by Crippen LogP contribution is 2.23. The quantitative estimate of drug-likeness (QED) is 0.528. The van der Waals surface area contributed by atoms with Crippen molar-refractivity contribution in [3.63, 3.8) is 0 Å². The summed E-state index contributed by atoms with van der Waals surface area (Å²) in [6.45, 7) is 1.47. The first-order chi connectivity index (χ1) is 13.9. The van der Waals surface area contributed by atoms with E-state index in [0.29, 0.717) is 16.3 Å². The molecule has 1 amide bonds. The van der Waals surface area contributed by atoms with E-state index in [1.54, 1.807) is 12.1 Å². The third kappa shape index (κ3) is 5.91. The van der Waals surface area contributed by atoms with Gasteiger partial charge in [0.05, 0.1) is 17.1 Å². The van der Waals surface area contributed by atoms with Crippen molar-refractivity contribution < 1.29 is 19.1 Å². The van der Waals surface area contributed by atoms with Gasteiger partial charge in [-0.1, -0.05) is 29.8 Å². The SMILES string of the molecule is Cc1ccc(NC(=O)COC(=O)CCC(=O)c2ccc3c(c2)CCCC3)c(Cl)c1. The van der Waals surface area contributed by atoms with Crippen molar-refractivity contribution in [2.75, 3.05) is 11.9 Å². The molecule has 0 atom stereocenters. The number of aryl methyl sites for hydroxylation is 3. The Balaban J connectivity index is 1.43. The molecule has 0 heterocycles. The van der Waals surface area contributed by atoms with Gasteiger partial charge in [-0.2, -0.15) is 0 Å². The van der Waals surface area contributed by atoms with Crippen LogP contribution < -0.4 is 5.32 Å². The van der Waals surface area contributed by atoms with Gasteiger partial charge < -0.3 is 10.1 Å².